The number of carbonyl (C=O) groups is 2. The molecule has 2 aliphatic carbocycles. The van der Waals surface area contributed by atoms with Crippen molar-refractivity contribution in [2.45, 2.75) is 71.4 Å². The van der Waals surface area contributed by atoms with E-state index in [0.29, 0.717) is 24.7 Å². The maximum Gasteiger partial charge on any atom is 0.227 e. The fourth-order valence-electron chi connectivity index (χ4n) is 7.15. The molecule has 5 rings (SSSR count). The molecule has 1 N–H and O–H groups in total. The SMILES string of the molecule is CCC(=O)N[C@H]1C(C)(C)[C@@H]2C[C@@H]3[C@@H](c4ccc(N5CCCC5=O)cc4)OCCC31C2. The third-order valence-corrected chi connectivity index (χ3v) is 8.74. The van der Waals surface area contributed by atoms with Crippen LogP contribution in [0.4, 0.5) is 5.69 Å². The van der Waals surface area contributed by atoms with E-state index < -0.39 is 0 Å². The van der Waals surface area contributed by atoms with Crippen molar-refractivity contribution in [2.24, 2.45) is 22.7 Å². The number of carbonyl (C=O) groups excluding carboxylic acids is 2. The quantitative estimate of drug-likeness (QED) is 0.808. The third-order valence-electron chi connectivity index (χ3n) is 8.74. The van der Waals surface area contributed by atoms with Gasteiger partial charge >= 0.3 is 0 Å². The molecule has 2 heterocycles. The molecule has 0 aromatic heterocycles. The van der Waals surface area contributed by atoms with Crippen molar-refractivity contribution >= 4 is 17.5 Å². The number of hydrogen-bond acceptors (Lipinski definition) is 3. The minimum absolute atomic E-state index is 0.0733. The summed E-state index contributed by atoms with van der Waals surface area (Å²) in [5, 5.41) is 3.42. The number of ether oxygens (including phenoxy) is 1. The predicted octanol–water partition coefficient (Wildman–Crippen LogP) is 4.22. The largest absolute Gasteiger partial charge is 0.373 e. The maximum atomic E-state index is 12.4. The summed E-state index contributed by atoms with van der Waals surface area (Å²) in [7, 11) is 0. The van der Waals surface area contributed by atoms with Crippen LogP contribution in [0.2, 0.25) is 0 Å². The van der Waals surface area contributed by atoms with Gasteiger partial charge in [0.1, 0.15) is 0 Å². The van der Waals surface area contributed by atoms with E-state index in [9.17, 15) is 9.59 Å². The van der Waals surface area contributed by atoms with Gasteiger partial charge in [0.2, 0.25) is 11.8 Å². The zero-order valence-corrected chi connectivity index (χ0v) is 18.4. The van der Waals surface area contributed by atoms with E-state index in [4.69, 9.17) is 4.74 Å². The van der Waals surface area contributed by atoms with Gasteiger partial charge in [-0.25, -0.2) is 0 Å². The van der Waals surface area contributed by atoms with Crippen molar-refractivity contribution in [3.8, 4) is 0 Å². The molecular formula is C25H34N2O3. The zero-order chi connectivity index (χ0) is 21.1. The van der Waals surface area contributed by atoms with Crippen molar-refractivity contribution in [2.75, 3.05) is 18.1 Å². The number of hydrogen-bond donors (Lipinski definition) is 1. The fourth-order valence-corrected chi connectivity index (χ4v) is 7.15. The molecule has 5 heteroatoms. The third kappa shape index (κ3) is 2.84. The second-order valence-electron chi connectivity index (χ2n) is 10.4. The summed E-state index contributed by atoms with van der Waals surface area (Å²) in [5.74, 6) is 1.44. The monoisotopic (exact) mass is 410 g/mol. The van der Waals surface area contributed by atoms with Gasteiger partial charge in [0.25, 0.3) is 0 Å². The summed E-state index contributed by atoms with van der Waals surface area (Å²) in [6.07, 6.45) is 5.60. The Labute approximate surface area is 179 Å². The zero-order valence-electron chi connectivity index (χ0n) is 18.4. The summed E-state index contributed by atoms with van der Waals surface area (Å²) < 4.78 is 6.37. The first-order valence-electron chi connectivity index (χ1n) is 11.7. The molecule has 5 nitrogen and oxygen atoms in total. The Morgan fingerprint density at radius 3 is 2.70 bits per heavy atom. The summed E-state index contributed by atoms with van der Waals surface area (Å²) in [4.78, 5) is 26.3. The van der Waals surface area contributed by atoms with Crippen molar-refractivity contribution < 1.29 is 14.3 Å². The van der Waals surface area contributed by atoms with Crippen LogP contribution in [-0.2, 0) is 14.3 Å². The van der Waals surface area contributed by atoms with E-state index in [0.717, 1.165) is 31.7 Å². The Morgan fingerprint density at radius 1 is 1.27 bits per heavy atom. The lowest BCUT2D eigenvalue weighted by molar-refractivity contribution is -0.137. The van der Waals surface area contributed by atoms with Crippen LogP contribution in [0.5, 0.6) is 0 Å². The van der Waals surface area contributed by atoms with Gasteiger partial charge in [0.15, 0.2) is 0 Å². The molecule has 2 bridgehead atoms. The predicted molar refractivity (Wildman–Crippen MR) is 116 cm³/mol. The van der Waals surface area contributed by atoms with Crippen LogP contribution >= 0.6 is 0 Å². The van der Waals surface area contributed by atoms with Crippen LogP contribution in [0, 0.1) is 22.7 Å². The highest BCUT2D eigenvalue weighted by Crippen LogP contribution is 2.70. The number of rotatable bonds is 4. The molecule has 1 spiro atoms. The molecule has 4 aliphatic rings. The first kappa shape index (κ1) is 20.0. The molecule has 2 amide bonds. The molecular weight excluding hydrogens is 376 g/mol. The van der Waals surface area contributed by atoms with Crippen LogP contribution < -0.4 is 10.2 Å². The van der Waals surface area contributed by atoms with Crippen LogP contribution in [0.15, 0.2) is 24.3 Å². The topological polar surface area (TPSA) is 58.6 Å². The average Bonchev–Trinajstić information content (AvgIpc) is 3.40. The molecule has 2 saturated carbocycles. The van der Waals surface area contributed by atoms with Gasteiger partial charge in [-0.1, -0.05) is 32.9 Å². The molecule has 0 radical (unpaired) electrons. The van der Waals surface area contributed by atoms with Gasteiger partial charge in [-0.15, -0.1) is 0 Å². The van der Waals surface area contributed by atoms with Gasteiger partial charge in [-0.3, -0.25) is 9.59 Å². The Kier molecular flexibility index (Phi) is 4.73. The van der Waals surface area contributed by atoms with E-state index in [1.54, 1.807) is 0 Å². The highest BCUT2D eigenvalue weighted by Gasteiger charge is 2.68. The fraction of sp³-hybridized carbons (Fsp3) is 0.680. The lowest BCUT2D eigenvalue weighted by Gasteiger charge is -2.53. The maximum absolute atomic E-state index is 12.4. The Morgan fingerprint density at radius 2 is 2.03 bits per heavy atom. The normalized spacial score (nSPS) is 36.8. The van der Waals surface area contributed by atoms with Crippen molar-refractivity contribution in [3.05, 3.63) is 29.8 Å². The lowest BCUT2D eigenvalue weighted by atomic mass is 9.59. The van der Waals surface area contributed by atoms with E-state index in [-0.39, 0.29) is 34.8 Å². The van der Waals surface area contributed by atoms with E-state index in [1.165, 1.54) is 18.4 Å². The summed E-state index contributed by atoms with van der Waals surface area (Å²) >= 11 is 0. The lowest BCUT2D eigenvalue weighted by Crippen LogP contribution is -2.58. The van der Waals surface area contributed by atoms with Gasteiger partial charge in [0.05, 0.1) is 6.10 Å². The first-order valence-corrected chi connectivity index (χ1v) is 11.7. The van der Waals surface area contributed by atoms with E-state index in [1.807, 2.05) is 11.8 Å². The van der Waals surface area contributed by atoms with Gasteiger partial charge in [-0.05, 0) is 66.0 Å². The Bertz CT molecular complexity index is 848. The Hall–Kier alpha value is -1.88. The number of amides is 2. The van der Waals surface area contributed by atoms with Crippen molar-refractivity contribution in [1.82, 2.24) is 5.32 Å². The number of fused-ring (bicyclic) bond motifs is 1. The first-order chi connectivity index (χ1) is 14.4. The standard InChI is InChI=1S/C25H34N2O3/c1-4-20(28)26-23-24(2,3)17-14-19-22(30-13-11-25(19,23)15-17)16-7-9-18(10-8-16)27-12-5-6-21(27)29/h7-10,17,19,22-23H,4-6,11-15H2,1-3H3,(H,26,28)/t17-,19-,22-,23+,25?/m1/s1. The molecule has 2 aliphatic heterocycles. The molecule has 2 saturated heterocycles. The number of benzene rings is 1. The molecule has 5 atom stereocenters. The molecule has 1 aromatic carbocycles. The molecule has 30 heavy (non-hydrogen) atoms. The summed E-state index contributed by atoms with van der Waals surface area (Å²) in [6, 6.07) is 8.69. The minimum Gasteiger partial charge on any atom is -0.373 e. The van der Waals surface area contributed by atoms with Gasteiger partial charge in [0, 0.05) is 37.7 Å². The second kappa shape index (κ2) is 7.08. The van der Waals surface area contributed by atoms with Crippen molar-refractivity contribution in [1.29, 1.82) is 0 Å². The van der Waals surface area contributed by atoms with Crippen LogP contribution in [0.1, 0.15) is 71.0 Å². The smallest absolute Gasteiger partial charge is 0.227 e. The van der Waals surface area contributed by atoms with Crippen LogP contribution in [0.25, 0.3) is 0 Å². The average molecular weight is 411 g/mol. The summed E-state index contributed by atoms with van der Waals surface area (Å²) in [6.45, 7) is 8.18. The molecule has 4 fully saturated rings. The Balaban J connectivity index is 1.42. The minimum atomic E-state index is 0.0733. The number of nitrogens with zero attached hydrogens (tertiary/aromatic N) is 1. The van der Waals surface area contributed by atoms with Gasteiger partial charge < -0.3 is 15.0 Å². The molecule has 1 unspecified atom stereocenters. The second-order valence-corrected chi connectivity index (χ2v) is 10.4. The molecule has 1 aromatic rings. The van der Waals surface area contributed by atoms with Crippen LogP contribution in [-0.4, -0.2) is 31.0 Å². The summed E-state index contributed by atoms with van der Waals surface area (Å²) in [5.41, 5.74) is 2.46. The number of anilines is 1. The van der Waals surface area contributed by atoms with E-state index >= 15 is 0 Å². The number of nitrogens with one attached hydrogen (secondary N) is 1. The van der Waals surface area contributed by atoms with Crippen LogP contribution in [0.3, 0.4) is 0 Å². The van der Waals surface area contributed by atoms with E-state index in [2.05, 4.69) is 43.4 Å². The highest BCUT2D eigenvalue weighted by atomic mass is 16.5. The van der Waals surface area contributed by atoms with Gasteiger partial charge in [-0.2, -0.15) is 0 Å². The highest BCUT2D eigenvalue weighted by molar-refractivity contribution is 5.95. The molecule has 162 valence electrons. The van der Waals surface area contributed by atoms with Crippen molar-refractivity contribution in [3.63, 3.8) is 0 Å².